The summed E-state index contributed by atoms with van der Waals surface area (Å²) in [4.78, 5) is 16.5. The Balaban J connectivity index is 0.00000729. The first kappa shape index (κ1) is 26.1. The number of nitrogens with one attached hydrogen (secondary N) is 3. The lowest BCUT2D eigenvalue weighted by Crippen LogP contribution is -2.48. The SMILES string of the molecule is CCNC(=NCc1ccc(OC)c(OC)c1OC)NCC(=O)NC(C)(C)C.I. The second-order valence-electron chi connectivity index (χ2n) is 6.84. The predicted octanol–water partition coefficient (Wildman–Crippen LogP) is 2.30. The summed E-state index contributed by atoms with van der Waals surface area (Å²) in [5, 5.41) is 9.06. The maximum Gasteiger partial charge on any atom is 0.239 e. The molecule has 0 aliphatic carbocycles. The van der Waals surface area contributed by atoms with Gasteiger partial charge >= 0.3 is 0 Å². The molecule has 0 aromatic heterocycles. The van der Waals surface area contributed by atoms with Crippen LogP contribution >= 0.6 is 24.0 Å². The summed E-state index contributed by atoms with van der Waals surface area (Å²) < 4.78 is 16.2. The average molecular weight is 508 g/mol. The fourth-order valence-corrected chi connectivity index (χ4v) is 2.42. The van der Waals surface area contributed by atoms with E-state index in [1.807, 2.05) is 39.8 Å². The number of hydrogen-bond acceptors (Lipinski definition) is 5. The second-order valence-corrected chi connectivity index (χ2v) is 6.84. The van der Waals surface area contributed by atoms with Gasteiger partial charge in [0.15, 0.2) is 17.5 Å². The first-order valence-corrected chi connectivity index (χ1v) is 8.86. The van der Waals surface area contributed by atoms with Crippen molar-refractivity contribution in [1.82, 2.24) is 16.0 Å². The number of halogens is 1. The van der Waals surface area contributed by atoms with Crippen LogP contribution in [0.2, 0.25) is 0 Å². The molecule has 0 spiro atoms. The molecule has 1 rings (SSSR count). The topological polar surface area (TPSA) is 93.2 Å². The van der Waals surface area contributed by atoms with Crippen LogP contribution in [-0.4, -0.2) is 51.8 Å². The van der Waals surface area contributed by atoms with E-state index in [1.165, 1.54) is 0 Å². The monoisotopic (exact) mass is 508 g/mol. The van der Waals surface area contributed by atoms with Gasteiger partial charge in [-0.25, -0.2) is 4.99 Å². The number of hydrogen-bond donors (Lipinski definition) is 3. The third kappa shape index (κ3) is 8.41. The quantitative estimate of drug-likeness (QED) is 0.284. The molecule has 28 heavy (non-hydrogen) atoms. The number of amides is 1. The van der Waals surface area contributed by atoms with Crippen LogP contribution in [0.1, 0.15) is 33.3 Å². The minimum Gasteiger partial charge on any atom is -0.493 e. The molecule has 0 bridgehead atoms. The van der Waals surface area contributed by atoms with Crippen LogP contribution in [0.5, 0.6) is 17.2 Å². The third-order valence-electron chi connectivity index (χ3n) is 3.47. The molecule has 1 aromatic carbocycles. The van der Waals surface area contributed by atoms with Crippen molar-refractivity contribution in [3.05, 3.63) is 17.7 Å². The highest BCUT2D eigenvalue weighted by molar-refractivity contribution is 14.0. The fourth-order valence-electron chi connectivity index (χ4n) is 2.42. The van der Waals surface area contributed by atoms with Gasteiger partial charge in [0.2, 0.25) is 11.7 Å². The molecule has 0 aliphatic rings. The van der Waals surface area contributed by atoms with Gasteiger partial charge in [0.1, 0.15) is 0 Å². The molecule has 1 aromatic rings. The van der Waals surface area contributed by atoms with Crippen molar-refractivity contribution in [2.45, 2.75) is 39.8 Å². The third-order valence-corrected chi connectivity index (χ3v) is 3.47. The van der Waals surface area contributed by atoms with Crippen LogP contribution in [0.15, 0.2) is 17.1 Å². The molecular weight excluding hydrogens is 475 g/mol. The first-order valence-electron chi connectivity index (χ1n) is 8.86. The van der Waals surface area contributed by atoms with Gasteiger partial charge in [-0.15, -0.1) is 24.0 Å². The summed E-state index contributed by atoms with van der Waals surface area (Å²) in [6.45, 7) is 8.93. The molecule has 0 radical (unpaired) electrons. The summed E-state index contributed by atoms with van der Waals surface area (Å²) in [5.41, 5.74) is 0.563. The number of guanidine groups is 1. The maximum absolute atomic E-state index is 12.0. The Morgan fingerprint density at radius 2 is 1.68 bits per heavy atom. The zero-order valence-corrected chi connectivity index (χ0v) is 20.1. The van der Waals surface area contributed by atoms with E-state index in [2.05, 4.69) is 20.9 Å². The van der Waals surface area contributed by atoms with Gasteiger partial charge in [-0.05, 0) is 39.8 Å². The highest BCUT2D eigenvalue weighted by Gasteiger charge is 2.16. The first-order chi connectivity index (χ1) is 12.8. The molecule has 0 atom stereocenters. The van der Waals surface area contributed by atoms with Crippen molar-refractivity contribution in [1.29, 1.82) is 0 Å². The lowest BCUT2D eigenvalue weighted by Gasteiger charge is -2.21. The van der Waals surface area contributed by atoms with E-state index in [4.69, 9.17) is 14.2 Å². The van der Waals surface area contributed by atoms with E-state index in [9.17, 15) is 4.79 Å². The summed E-state index contributed by atoms with van der Waals surface area (Å²) in [6, 6.07) is 3.68. The molecule has 0 unspecified atom stereocenters. The van der Waals surface area contributed by atoms with Crippen LogP contribution in [0.25, 0.3) is 0 Å². The van der Waals surface area contributed by atoms with Crippen molar-refractivity contribution in [3.63, 3.8) is 0 Å². The van der Waals surface area contributed by atoms with Crippen molar-refractivity contribution < 1.29 is 19.0 Å². The normalized spacial score (nSPS) is 11.2. The van der Waals surface area contributed by atoms with E-state index in [0.29, 0.717) is 36.3 Å². The van der Waals surface area contributed by atoms with E-state index < -0.39 is 0 Å². The summed E-state index contributed by atoms with van der Waals surface area (Å²) >= 11 is 0. The zero-order valence-electron chi connectivity index (χ0n) is 17.8. The zero-order chi connectivity index (χ0) is 20.4. The summed E-state index contributed by atoms with van der Waals surface area (Å²) in [6.07, 6.45) is 0. The molecule has 8 nitrogen and oxygen atoms in total. The minimum absolute atomic E-state index is 0. The number of benzene rings is 1. The van der Waals surface area contributed by atoms with Gasteiger partial charge in [-0.2, -0.15) is 0 Å². The van der Waals surface area contributed by atoms with Crippen LogP contribution in [0.4, 0.5) is 0 Å². The molecular formula is C19H33IN4O4. The number of nitrogens with zero attached hydrogens (tertiary/aromatic N) is 1. The molecule has 1 amide bonds. The maximum atomic E-state index is 12.0. The van der Waals surface area contributed by atoms with Crippen LogP contribution in [-0.2, 0) is 11.3 Å². The highest BCUT2D eigenvalue weighted by atomic mass is 127. The number of rotatable bonds is 8. The molecule has 160 valence electrons. The molecule has 9 heteroatoms. The Hall–Kier alpha value is -1.91. The van der Waals surface area contributed by atoms with Crippen molar-refractivity contribution in [3.8, 4) is 17.2 Å². The van der Waals surface area contributed by atoms with Crippen LogP contribution in [0, 0.1) is 0 Å². The van der Waals surface area contributed by atoms with Gasteiger partial charge in [0, 0.05) is 17.6 Å². The second kappa shape index (κ2) is 12.5. The van der Waals surface area contributed by atoms with E-state index in [0.717, 1.165) is 5.56 Å². The fraction of sp³-hybridized carbons (Fsp3) is 0.579. The molecule has 0 fully saturated rings. The smallest absolute Gasteiger partial charge is 0.239 e. The van der Waals surface area contributed by atoms with Crippen molar-refractivity contribution in [2.24, 2.45) is 4.99 Å². The van der Waals surface area contributed by atoms with Crippen molar-refractivity contribution in [2.75, 3.05) is 34.4 Å². The van der Waals surface area contributed by atoms with Gasteiger partial charge < -0.3 is 30.2 Å². The highest BCUT2D eigenvalue weighted by Crippen LogP contribution is 2.39. The number of carbonyl (C=O) groups is 1. The number of aliphatic imine (C=N–C) groups is 1. The number of carbonyl (C=O) groups excluding carboxylic acids is 1. The summed E-state index contributed by atoms with van der Waals surface area (Å²) in [7, 11) is 4.71. The number of methoxy groups -OCH3 is 3. The lowest BCUT2D eigenvalue weighted by molar-refractivity contribution is -0.121. The van der Waals surface area contributed by atoms with E-state index in [-0.39, 0.29) is 42.0 Å². The molecule has 0 saturated heterocycles. The van der Waals surface area contributed by atoms with Gasteiger partial charge in [0.05, 0.1) is 34.4 Å². The van der Waals surface area contributed by atoms with Gasteiger partial charge in [0.25, 0.3) is 0 Å². The molecule has 0 heterocycles. The Morgan fingerprint density at radius 3 is 2.18 bits per heavy atom. The van der Waals surface area contributed by atoms with E-state index in [1.54, 1.807) is 21.3 Å². The molecule has 3 N–H and O–H groups in total. The Morgan fingerprint density at radius 1 is 1.04 bits per heavy atom. The average Bonchev–Trinajstić information content (AvgIpc) is 2.61. The van der Waals surface area contributed by atoms with Crippen LogP contribution in [0.3, 0.4) is 0 Å². The number of ether oxygens (including phenoxy) is 3. The predicted molar refractivity (Wildman–Crippen MR) is 122 cm³/mol. The Labute approximate surface area is 184 Å². The minimum atomic E-state index is -0.277. The Bertz CT molecular complexity index is 660. The standard InChI is InChI=1S/C19H32N4O4.HI/c1-8-20-18(22-12-15(24)23-19(2,3)4)21-11-13-9-10-14(25-5)17(27-7)16(13)26-6;/h9-10H,8,11-12H2,1-7H3,(H,23,24)(H2,20,21,22);1H. The lowest BCUT2D eigenvalue weighted by atomic mass is 10.1. The van der Waals surface area contributed by atoms with Gasteiger partial charge in [-0.1, -0.05) is 0 Å². The molecule has 0 saturated carbocycles. The Kier molecular flexibility index (Phi) is 11.7. The van der Waals surface area contributed by atoms with E-state index >= 15 is 0 Å². The van der Waals surface area contributed by atoms with Crippen LogP contribution < -0.4 is 30.2 Å². The molecule has 0 aliphatic heterocycles. The van der Waals surface area contributed by atoms with Crippen molar-refractivity contribution >= 4 is 35.8 Å². The summed E-state index contributed by atoms with van der Waals surface area (Å²) in [5.74, 6) is 2.12. The largest absolute Gasteiger partial charge is 0.493 e. The van der Waals surface area contributed by atoms with Gasteiger partial charge in [-0.3, -0.25) is 4.79 Å².